The smallest absolute Gasteiger partial charge is 0.409 e. The fraction of sp³-hybridized carbons (Fsp3) is 0.824. The molecular weight excluding hydrogens is 312 g/mol. The van der Waals surface area contributed by atoms with E-state index < -0.39 is 24.1 Å². The third kappa shape index (κ3) is 5.11. The number of amides is 2. The van der Waals surface area contributed by atoms with Gasteiger partial charge in [0.25, 0.3) is 0 Å². The summed E-state index contributed by atoms with van der Waals surface area (Å²) in [5, 5.41) is 0. The van der Waals surface area contributed by atoms with Crippen molar-refractivity contribution in [2.75, 3.05) is 28.3 Å². The van der Waals surface area contributed by atoms with Crippen LogP contribution in [0.3, 0.4) is 0 Å². The number of hydrogen-bond acceptors (Lipinski definition) is 5. The van der Waals surface area contributed by atoms with Crippen LogP contribution in [0.15, 0.2) is 0 Å². The van der Waals surface area contributed by atoms with Crippen molar-refractivity contribution in [2.45, 2.75) is 52.6 Å². The summed E-state index contributed by atoms with van der Waals surface area (Å²) in [7, 11) is 5.70. The van der Waals surface area contributed by atoms with E-state index in [1.807, 2.05) is 27.7 Å². The molecule has 0 aliphatic carbocycles. The summed E-state index contributed by atoms with van der Waals surface area (Å²) >= 11 is 0. The van der Waals surface area contributed by atoms with Gasteiger partial charge in [-0.3, -0.25) is 9.69 Å². The number of likely N-dealkylation sites (N-methyl/N-ethyl adjacent to an activating group) is 2. The molecule has 0 radical (unpaired) electrons. The van der Waals surface area contributed by atoms with E-state index in [1.54, 1.807) is 7.05 Å². The van der Waals surface area contributed by atoms with Crippen molar-refractivity contribution < 1.29 is 23.9 Å². The maximum atomic E-state index is 13.1. The first-order valence-electron chi connectivity index (χ1n) is 8.32. The molecular formula is C17H32N2O5. The molecule has 0 saturated carbocycles. The maximum absolute atomic E-state index is 13.1. The van der Waals surface area contributed by atoms with Gasteiger partial charge < -0.3 is 14.4 Å². The Labute approximate surface area is 145 Å². The lowest BCUT2D eigenvalue weighted by molar-refractivity contribution is -0.156. The predicted octanol–water partition coefficient (Wildman–Crippen LogP) is 2.15. The summed E-state index contributed by atoms with van der Waals surface area (Å²) in [5.74, 6) is -0.900. The van der Waals surface area contributed by atoms with Crippen LogP contribution in [-0.4, -0.2) is 68.2 Å². The fourth-order valence-corrected chi connectivity index (χ4v) is 2.73. The highest BCUT2D eigenvalue weighted by Gasteiger charge is 2.39. The predicted molar refractivity (Wildman–Crippen MR) is 91.4 cm³/mol. The highest BCUT2D eigenvalue weighted by atomic mass is 16.5. The molecule has 0 rings (SSSR count). The van der Waals surface area contributed by atoms with Crippen molar-refractivity contribution >= 4 is 18.0 Å². The summed E-state index contributed by atoms with van der Waals surface area (Å²) in [6, 6.07) is -1.39. The molecule has 24 heavy (non-hydrogen) atoms. The van der Waals surface area contributed by atoms with Crippen LogP contribution in [-0.2, 0) is 19.1 Å². The molecule has 0 fully saturated rings. The monoisotopic (exact) mass is 344 g/mol. The van der Waals surface area contributed by atoms with Crippen molar-refractivity contribution in [3.8, 4) is 0 Å². The first kappa shape index (κ1) is 22.2. The zero-order valence-corrected chi connectivity index (χ0v) is 16.2. The minimum Gasteiger partial charge on any atom is -0.467 e. The summed E-state index contributed by atoms with van der Waals surface area (Å²) < 4.78 is 9.60. The van der Waals surface area contributed by atoms with Crippen LogP contribution >= 0.6 is 0 Å². The fourth-order valence-electron chi connectivity index (χ4n) is 2.73. The van der Waals surface area contributed by atoms with Crippen molar-refractivity contribution in [3.63, 3.8) is 0 Å². The van der Waals surface area contributed by atoms with Crippen molar-refractivity contribution in [3.05, 3.63) is 0 Å². The molecule has 0 spiro atoms. The number of carbonyl (C=O) groups excluding carboxylic acids is 3. The molecule has 7 heteroatoms. The number of methoxy groups -OCH3 is 2. The van der Waals surface area contributed by atoms with E-state index in [-0.39, 0.29) is 17.7 Å². The van der Waals surface area contributed by atoms with Gasteiger partial charge in [-0.05, 0) is 11.8 Å². The first-order chi connectivity index (χ1) is 11.2. The van der Waals surface area contributed by atoms with Gasteiger partial charge in [0, 0.05) is 14.1 Å². The molecule has 4 unspecified atom stereocenters. The Morgan fingerprint density at radius 3 is 1.67 bits per heavy atom. The van der Waals surface area contributed by atoms with E-state index in [9.17, 15) is 14.4 Å². The van der Waals surface area contributed by atoms with Gasteiger partial charge in [-0.2, -0.15) is 0 Å². The van der Waals surface area contributed by atoms with Crippen LogP contribution in [0.4, 0.5) is 4.79 Å². The molecule has 0 N–H and O–H groups in total. The molecule has 0 aliphatic heterocycles. The van der Waals surface area contributed by atoms with E-state index in [4.69, 9.17) is 9.47 Å². The molecule has 0 aromatic heterocycles. The highest BCUT2D eigenvalue weighted by molar-refractivity contribution is 5.89. The van der Waals surface area contributed by atoms with Gasteiger partial charge in [0.2, 0.25) is 5.91 Å². The second-order valence-electron chi connectivity index (χ2n) is 6.21. The number of esters is 1. The lowest BCUT2D eigenvalue weighted by atomic mass is 9.93. The van der Waals surface area contributed by atoms with Crippen molar-refractivity contribution in [1.82, 2.24) is 9.80 Å². The van der Waals surface area contributed by atoms with Gasteiger partial charge in [-0.25, -0.2) is 9.59 Å². The number of hydrogen-bond donors (Lipinski definition) is 0. The Hall–Kier alpha value is -1.79. The number of ether oxygens (including phenoxy) is 2. The van der Waals surface area contributed by atoms with Crippen molar-refractivity contribution in [1.29, 1.82) is 0 Å². The molecule has 4 atom stereocenters. The second kappa shape index (κ2) is 10.2. The average molecular weight is 344 g/mol. The van der Waals surface area contributed by atoms with Gasteiger partial charge in [0.15, 0.2) is 0 Å². The molecule has 0 aromatic rings. The summed E-state index contributed by atoms with van der Waals surface area (Å²) in [6.45, 7) is 7.69. The molecule has 0 heterocycles. The van der Waals surface area contributed by atoms with Crippen molar-refractivity contribution in [2.24, 2.45) is 11.8 Å². The van der Waals surface area contributed by atoms with Gasteiger partial charge in [0.05, 0.1) is 14.2 Å². The Morgan fingerprint density at radius 2 is 1.29 bits per heavy atom. The first-order valence-corrected chi connectivity index (χ1v) is 8.32. The lowest BCUT2D eigenvalue weighted by Crippen LogP contribution is -2.56. The number of carbonyl (C=O) groups is 3. The van der Waals surface area contributed by atoms with Crippen LogP contribution < -0.4 is 0 Å². The van der Waals surface area contributed by atoms with Crippen LogP contribution in [0.2, 0.25) is 0 Å². The van der Waals surface area contributed by atoms with E-state index in [1.165, 1.54) is 31.1 Å². The van der Waals surface area contributed by atoms with E-state index in [0.717, 1.165) is 6.42 Å². The SMILES string of the molecule is CCC(C)C(C(=O)N(C)C(C(=O)OC)C(C)CC)N(C)C(=O)OC. The zero-order valence-electron chi connectivity index (χ0n) is 16.2. The largest absolute Gasteiger partial charge is 0.467 e. The maximum Gasteiger partial charge on any atom is 0.409 e. The van der Waals surface area contributed by atoms with E-state index in [2.05, 4.69) is 0 Å². The van der Waals surface area contributed by atoms with Gasteiger partial charge >= 0.3 is 12.1 Å². The quantitative estimate of drug-likeness (QED) is 0.631. The summed E-state index contributed by atoms with van der Waals surface area (Å²) in [4.78, 5) is 39.8. The second-order valence-corrected chi connectivity index (χ2v) is 6.21. The Morgan fingerprint density at radius 1 is 0.833 bits per heavy atom. The van der Waals surface area contributed by atoms with Crippen LogP contribution in [0.5, 0.6) is 0 Å². The third-order valence-corrected chi connectivity index (χ3v) is 4.71. The number of nitrogens with zero attached hydrogens (tertiary/aromatic N) is 2. The highest BCUT2D eigenvalue weighted by Crippen LogP contribution is 2.21. The minimum atomic E-state index is -0.705. The van der Waals surface area contributed by atoms with Gasteiger partial charge in [0.1, 0.15) is 12.1 Å². The van der Waals surface area contributed by atoms with Gasteiger partial charge in [-0.1, -0.05) is 40.5 Å². The molecule has 0 aromatic carbocycles. The molecule has 2 amide bonds. The molecule has 0 aliphatic rings. The topological polar surface area (TPSA) is 76.2 Å². The standard InChI is InChI=1S/C17H32N2O5/c1-9-11(3)13(19(6)17(22)24-8)15(20)18(5)14(12(4)10-2)16(21)23-7/h11-14H,9-10H2,1-8H3. The summed E-state index contributed by atoms with van der Waals surface area (Å²) in [6.07, 6.45) is 0.843. The van der Waals surface area contributed by atoms with E-state index >= 15 is 0 Å². The lowest BCUT2D eigenvalue weighted by Gasteiger charge is -2.37. The number of rotatable bonds is 8. The normalized spacial score (nSPS) is 15.7. The van der Waals surface area contributed by atoms with E-state index in [0.29, 0.717) is 6.42 Å². The summed E-state index contributed by atoms with van der Waals surface area (Å²) in [5.41, 5.74) is 0. The molecule has 0 bridgehead atoms. The third-order valence-electron chi connectivity index (χ3n) is 4.71. The molecule has 0 saturated heterocycles. The van der Waals surface area contributed by atoms with Crippen LogP contribution in [0.25, 0.3) is 0 Å². The van der Waals surface area contributed by atoms with Gasteiger partial charge in [-0.15, -0.1) is 0 Å². The van der Waals surface area contributed by atoms with Crippen LogP contribution in [0.1, 0.15) is 40.5 Å². The zero-order chi connectivity index (χ0) is 19.0. The molecule has 140 valence electrons. The molecule has 7 nitrogen and oxygen atoms in total. The minimum absolute atomic E-state index is 0.0626. The van der Waals surface area contributed by atoms with Crippen LogP contribution in [0, 0.1) is 11.8 Å². The Kier molecular flexibility index (Phi) is 9.40. The average Bonchev–Trinajstić information content (AvgIpc) is 2.59. The Balaban J connectivity index is 5.66. The Bertz CT molecular complexity index is 441.